The average molecular weight is 278 g/mol. The van der Waals surface area contributed by atoms with Gasteiger partial charge in [-0.2, -0.15) is 0 Å². The van der Waals surface area contributed by atoms with E-state index in [1.54, 1.807) is 19.1 Å². The van der Waals surface area contributed by atoms with Crippen molar-refractivity contribution in [1.82, 2.24) is 4.90 Å². The summed E-state index contributed by atoms with van der Waals surface area (Å²) in [5.41, 5.74) is 1.10. The molecule has 0 aromatic heterocycles. The summed E-state index contributed by atoms with van der Waals surface area (Å²) in [5.74, 6) is -0.888. The van der Waals surface area contributed by atoms with Crippen molar-refractivity contribution in [2.45, 2.75) is 19.9 Å². The van der Waals surface area contributed by atoms with Crippen molar-refractivity contribution in [3.05, 3.63) is 39.9 Å². The van der Waals surface area contributed by atoms with Gasteiger partial charge in [-0.15, -0.1) is 0 Å². The molecular formula is C14H18N2O4. The molecule has 0 spiro atoms. The second-order valence-corrected chi connectivity index (χ2v) is 5.37. The maximum absolute atomic E-state index is 10.9. The van der Waals surface area contributed by atoms with E-state index in [0.29, 0.717) is 0 Å². The Morgan fingerprint density at radius 3 is 2.35 bits per heavy atom. The number of non-ortho nitro benzene ring substituents is 1. The SMILES string of the molecule is CC(C(=O)O)C1CN(C(C)c2ccc([N+](=O)[O-])cc2)C1. The van der Waals surface area contributed by atoms with Crippen LogP contribution in [0.1, 0.15) is 25.5 Å². The minimum atomic E-state index is -0.752. The molecule has 1 aromatic carbocycles. The molecule has 0 aliphatic carbocycles. The Bertz CT molecular complexity index is 508. The van der Waals surface area contributed by atoms with Crippen LogP contribution in [-0.4, -0.2) is 34.0 Å². The molecule has 2 unspecified atom stereocenters. The highest BCUT2D eigenvalue weighted by molar-refractivity contribution is 5.70. The van der Waals surface area contributed by atoms with Gasteiger partial charge >= 0.3 is 5.97 Å². The van der Waals surface area contributed by atoms with Crippen LogP contribution in [-0.2, 0) is 4.79 Å². The van der Waals surface area contributed by atoms with Gasteiger partial charge in [0.1, 0.15) is 0 Å². The third kappa shape index (κ3) is 2.80. The van der Waals surface area contributed by atoms with E-state index in [-0.39, 0.29) is 23.6 Å². The molecule has 1 aliphatic rings. The number of carboxylic acids is 1. The molecule has 0 radical (unpaired) electrons. The van der Waals surface area contributed by atoms with E-state index < -0.39 is 10.9 Å². The number of carbonyl (C=O) groups is 1. The Labute approximate surface area is 117 Å². The third-order valence-corrected chi connectivity index (χ3v) is 4.17. The summed E-state index contributed by atoms with van der Waals surface area (Å²) in [6.45, 7) is 5.28. The highest BCUT2D eigenvalue weighted by atomic mass is 16.6. The van der Waals surface area contributed by atoms with Crippen molar-refractivity contribution in [3.63, 3.8) is 0 Å². The smallest absolute Gasteiger partial charge is 0.306 e. The normalized spacial score (nSPS) is 19.1. The third-order valence-electron chi connectivity index (χ3n) is 4.17. The first-order valence-electron chi connectivity index (χ1n) is 6.61. The summed E-state index contributed by atoms with van der Waals surface area (Å²) in [4.78, 5) is 23.3. The van der Waals surface area contributed by atoms with Gasteiger partial charge in [-0.05, 0) is 18.4 Å². The van der Waals surface area contributed by atoms with Gasteiger partial charge in [-0.1, -0.05) is 19.1 Å². The number of hydrogen-bond donors (Lipinski definition) is 1. The molecule has 6 nitrogen and oxygen atoms in total. The largest absolute Gasteiger partial charge is 0.481 e. The maximum Gasteiger partial charge on any atom is 0.306 e. The lowest BCUT2D eigenvalue weighted by Crippen LogP contribution is -2.51. The molecule has 1 heterocycles. The number of nitro groups is 1. The van der Waals surface area contributed by atoms with E-state index in [1.807, 2.05) is 6.92 Å². The molecular weight excluding hydrogens is 260 g/mol. The highest BCUT2D eigenvalue weighted by Gasteiger charge is 2.37. The summed E-state index contributed by atoms with van der Waals surface area (Å²) in [7, 11) is 0. The van der Waals surface area contributed by atoms with E-state index in [0.717, 1.165) is 18.7 Å². The summed E-state index contributed by atoms with van der Waals surface area (Å²) >= 11 is 0. The second-order valence-electron chi connectivity index (χ2n) is 5.37. The van der Waals surface area contributed by atoms with Crippen LogP contribution < -0.4 is 0 Å². The number of nitro benzene ring substituents is 1. The fourth-order valence-corrected chi connectivity index (χ4v) is 2.47. The molecule has 1 aliphatic heterocycles. The van der Waals surface area contributed by atoms with Gasteiger partial charge in [-0.3, -0.25) is 19.8 Å². The Hall–Kier alpha value is -1.95. The molecule has 1 fully saturated rings. The first kappa shape index (κ1) is 14.5. The number of rotatable bonds is 5. The molecule has 1 aromatic rings. The number of aliphatic carboxylic acids is 1. The van der Waals surface area contributed by atoms with Gasteiger partial charge in [0, 0.05) is 31.3 Å². The summed E-state index contributed by atoms with van der Waals surface area (Å²) in [5, 5.41) is 19.6. The van der Waals surface area contributed by atoms with Gasteiger partial charge in [0.25, 0.3) is 5.69 Å². The highest BCUT2D eigenvalue weighted by Crippen LogP contribution is 2.32. The van der Waals surface area contributed by atoms with Crippen molar-refractivity contribution in [3.8, 4) is 0 Å². The molecule has 20 heavy (non-hydrogen) atoms. The molecule has 0 bridgehead atoms. The Kier molecular flexibility index (Phi) is 4.04. The Morgan fingerprint density at radius 1 is 1.35 bits per heavy atom. The lowest BCUT2D eigenvalue weighted by Gasteiger charge is -2.45. The fraction of sp³-hybridized carbons (Fsp3) is 0.500. The van der Waals surface area contributed by atoms with Crippen molar-refractivity contribution < 1.29 is 14.8 Å². The number of nitrogens with zero attached hydrogens (tertiary/aromatic N) is 2. The predicted octanol–water partition coefficient (Wildman–Crippen LogP) is 2.31. The number of carboxylic acid groups (broad SMARTS) is 1. The van der Waals surface area contributed by atoms with Crippen LogP contribution in [0.15, 0.2) is 24.3 Å². The van der Waals surface area contributed by atoms with Gasteiger partial charge in [0.15, 0.2) is 0 Å². The first-order chi connectivity index (χ1) is 9.40. The van der Waals surface area contributed by atoms with E-state index in [2.05, 4.69) is 4.90 Å². The fourth-order valence-electron chi connectivity index (χ4n) is 2.47. The lowest BCUT2D eigenvalue weighted by molar-refractivity contribution is -0.384. The average Bonchev–Trinajstić information content (AvgIpc) is 2.36. The van der Waals surface area contributed by atoms with Crippen LogP contribution in [0, 0.1) is 22.0 Å². The summed E-state index contributed by atoms with van der Waals surface area (Å²) in [6.07, 6.45) is 0. The molecule has 1 saturated heterocycles. The minimum Gasteiger partial charge on any atom is -0.481 e. The quantitative estimate of drug-likeness (QED) is 0.660. The molecule has 2 rings (SSSR count). The van der Waals surface area contributed by atoms with E-state index in [9.17, 15) is 14.9 Å². The zero-order chi connectivity index (χ0) is 14.9. The topological polar surface area (TPSA) is 83.7 Å². The molecule has 2 atom stereocenters. The molecule has 0 saturated carbocycles. The molecule has 0 amide bonds. The molecule has 108 valence electrons. The zero-order valence-corrected chi connectivity index (χ0v) is 11.5. The molecule has 1 N–H and O–H groups in total. The van der Waals surface area contributed by atoms with Crippen LogP contribution >= 0.6 is 0 Å². The first-order valence-corrected chi connectivity index (χ1v) is 6.61. The van der Waals surface area contributed by atoms with Crippen LogP contribution in [0.3, 0.4) is 0 Å². The summed E-state index contributed by atoms with van der Waals surface area (Å²) < 4.78 is 0. The van der Waals surface area contributed by atoms with Crippen molar-refractivity contribution in [2.75, 3.05) is 13.1 Å². The van der Waals surface area contributed by atoms with E-state index >= 15 is 0 Å². The lowest BCUT2D eigenvalue weighted by atomic mass is 9.85. The minimum absolute atomic E-state index is 0.0851. The van der Waals surface area contributed by atoms with Gasteiger partial charge in [-0.25, -0.2) is 0 Å². The van der Waals surface area contributed by atoms with E-state index in [4.69, 9.17) is 5.11 Å². The number of benzene rings is 1. The van der Waals surface area contributed by atoms with Crippen LogP contribution in [0.25, 0.3) is 0 Å². The van der Waals surface area contributed by atoms with Gasteiger partial charge in [0.2, 0.25) is 0 Å². The van der Waals surface area contributed by atoms with Crippen molar-refractivity contribution >= 4 is 11.7 Å². The van der Waals surface area contributed by atoms with Crippen LogP contribution in [0.5, 0.6) is 0 Å². The van der Waals surface area contributed by atoms with Crippen LogP contribution in [0.2, 0.25) is 0 Å². The predicted molar refractivity (Wildman–Crippen MR) is 73.4 cm³/mol. The Morgan fingerprint density at radius 2 is 1.90 bits per heavy atom. The number of likely N-dealkylation sites (tertiary alicyclic amines) is 1. The van der Waals surface area contributed by atoms with E-state index in [1.165, 1.54) is 12.1 Å². The maximum atomic E-state index is 10.9. The van der Waals surface area contributed by atoms with Gasteiger partial charge in [0.05, 0.1) is 10.8 Å². The monoisotopic (exact) mass is 278 g/mol. The zero-order valence-electron chi connectivity index (χ0n) is 11.5. The van der Waals surface area contributed by atoms with Crippen LogP contribution in [0.4, 0.5) is 5.69 Å². The van der Waals surface area contributed by atoms with Crippen molar-refractivity contribution in [1.29, 1.82) is 0 Å². The molecule has 6 heteroatoms. The second kappa shape index (κ2) is 5.58. The summed E-state index contributed by atoms with van der Waals surface area (Å²) in [6, 6.07) is 6.67. The Balaban J connectivity index is 1.95. The number of hydrogen-bond acceptors (Lipinski definition) is 4. The standard InChI is InChI=1S/C14H18N2O4/c1-9(14(17)18)12-7-15(8-12)10(2)11-3-5-13(6-4-11)16(19)20/h3-6,9-10,12H,7-8H2,1-2H3,(H,17,18). The van der Waals surface area contributed by atoms with Crippen molar-refractivity contribution in [2.24, 2.45) is 11.8 Å². The van der Waals surface area contributed by atoms with Gasteiger partial charge < -0.3 is 5.11 Å².